The summed E-state index contributed by atoms with van der Waals surface area (Å²) in [5.74, 6) is 0.551. The molecule has 0 atom stereocenters. The zero-order valence-corrected chi connectivity index (χ0v) is 13.0. The van der Waals surface area contributed by atoms with E-state index in [0.29, 0.717) is 22.7 Å². The summed E-state index contributed by atoms with van der Waals surface area (Å²) in [4.78, 5) is 4.41. The van der Waals surface area contributed by atoms with Gasteiger partial charge in [-0.25, -0.2) is 4.98 Å². The van der Waals surface area contributed by atoms with Gasteiger partial charge in [0, 0.05) is 6.08 Å². The second-order valence-electron chi connectivity index (χ2n) is 5.57. The Bertz CT molecular complexity index is 999. The number of nitrogen functional groups attached to an aromatic ring is 1. The van der Waals surface area contributed by atoms with Crippen LogP contribution in [0.15, 0.2) is 77.2 Å². The fourth-order valence-corrected chi connectivity index (χ4v) is 2.64. The molecule has 0 aliphatic rings. The Kier molecular flexibility index (Phi) is 3.60. The highest BCUT2D eigenvalue weighted by Crippen LogP contribution is 2.23. The lowest BCUT2D eigenvalue weighted by molar-refractivity contribution is 0.590. The molecule has 1 aromatic heterocycles. The molecule has 1 heterocycles. The third-order valence-electron chi connectivity index (χ3n) is 3.90. The van der Waals surface area contributed by atoms with Crippen molar-refractivity contribution in [3.05, 3.63) is 84.3 Å². The van der Waals surface area contributed by atoms with E-state index in [1.54, 1.807) is 0 Å². The Labute approximate surface area is 140 Å². The summed E-state index contributed by atoms with van der Waals surface area (Å²) in [5.41, 5.74) is 11.4. The fourth-order valence-electron chi connectivity index (χ4n) is 2.64. The van der Waals surface area contributed by atoms with E-state index in [-0.39, 0.29) is 0 Å². The Morgan fingerprint density at radius 2 is 1.50 bits per heavy atom. The van der Waals surface area contributed by atoms with Crippen LogP contribution in [0.3, 0.4) is 0 Å². The van der Waals surface area contributed by atoms with E-state index in [0.717, 1.165) is 5.56 Å². The van der Waals surface area contributed by atoms with E-state index in [2.05, 4.69) is 41.4 Å². The first-order valence-electron chi connectivity index (χ1n) is 7.78. The topological polar surface area (TPSA) is 52.0 Å². The normalized spacial score (nSPS) is 11.3. The van der Waals surface area contributed by atoms with Gasteiger partial charge in [-0.3, -0.25) is 0 Å². The summed E-state index contributed by atoms with van der Waals surface area (Å²) in [6.45, 7) is 0. The van der Waals surface area contributed by atoms with Crippen LogP contribution in [0.2, 0.25) is 0 Å². The molecule has 3 nitrogen and oxygen atoms in total. The first-order chi connectivity index (χ1) is 11.8. The highest BCUT2D eigenvalue weighted by atomic mass is 16.3. The molecule has 3 aromatic carbocycles. The van der Waals surface area contributed by atoms with Crippen LogP contribution in [-0.2, 0) is 0 Å². The highest BCUT2D eigenvalue weighted by molar-refractivity contribution is 5.86. The number of anilines is 1. The van der Waals surface area contributed by atoms with Crippen molar-refractivity contribution >= 4 is 28.9 Å². The zero-order chi connectivity index (χ0) is 16.4. The van der Waals surface area contributed by atoms with Gasteiger partial charge in [-0.15, -0.1) is 0 Å². The van der Waals surface area contributed by atoms with Crippen molar-refractivity contribution < 1.29 is 4.42 Å². The van der Waals surface area contributed by atoms with Crippen molar-refractivity contribution in [3.63, 3.8) is 0 Å². The number of nitrogens with zero attached hydrogens (tertiary/aromatic N) is 1. The Hall–Kier alpha value is -3.33. The molecular weight excluding hydrogens is 296 g/mol. The van der Waals surface area contributed by atoms with Gasteiger partial charge in [-0.05, 0) is 34.9 Å². The molecule has 2 N–H and O–H groups in total. The van der Waals surface area contributed by atoms with Crippen molar-refractivity contribution in [1.29, 1.82) is 0 Å². The Morgan fingerprint density at radius 1 is 0.750 bits per heavy atom. The number of hydrogen-bond acceptors (Lipinski definition) is 3. The average Bonchev–Trinajstić information content (AvgIpc) is 3.06. The van der Waals surface area contributed by atoms with E-state index < -0.39 is 0 Å². The lowest BCUT2D eigenvalue weighted by Gasteiger charge is -2.01. The van der Waals surface area contributed by atoms with Crippen LogP contribution in [0.1, 0.15) is 11.5 Å². The third-order valence-corrected chi connectivity index (χ3v) is 3.90. The number of aromatic nitrogens is 1. The van der Waals surface area contributed by atoms with E-state index in [9.17, 15) is 0 Å². The molecule has 24 heavy (non-hydrogen) atoms. The summed E-state index contributed by atoms with van der Waals surface area (Å²) >= 11 is 0. The molecule has 0 saturated heterocycles. The van der Waals surface area contributed by atoms with Crippen molar-refractivity contribution in [1.82, 2.24) is 4.98 Å². The molecule has 0 radical (unpaired) electrons. The largest absolute Gasteiger partial charge is 0.437 e. The molecule has 0 saturated carbocycles. The number of oxazole rings is 1. The molecule has 0 bridgehead atoms. The standard InChI is InChI=1S/C21H16N2O/c22-18-7-4-8-19-21(18)23-20(24-19)14-11-15-9-12-17(13-10-15)16-5-2-1-3-6-16/h1-14H,22H2/b14-11-. The van der Waals surface area contributed by atoms with E-state index >= 15 is 0 Å². The fraction of sp³-hybridized carbons (Fsp3) is 0. The zero-order valence-electron chi connectivity index (χ0n) is 13.0. The average molecular weight is 312 g/mol. The number of fused-ring (bicyclic) bond motifs is 1. The van der Waals surface area contributed by atoms with Crippen LogP contribution in [0.4, 0.5) is 5.69 Å². The maximum absolute atomic E-state index is 5.90. The quantitative estimate of drug-likeness (QED) is 0.526. The minimum Gasteiger partial charge on any atom is -0.437 e. The van der Waals surface area contributed by atoms with Gasteiger partial charge in [0.05, 0.1) is 5.69 Å². The number of benzene rings is 3. The van der Waals surface area contributed by atoms with Gasteiger partial charge in [-0.2, -0.15) is 0 Å². The molecule has 0 unspecified atom stereocenters. The number of hydrogen-bond donors (Lipinski definition) is 1. The van der Waals surface area contributed by atoms with Gasteiger partial charge in [0.15, 0.2) is 5.58 Å². The van der Waals surface area contributed by atoms with Crippen molar-refractivity contribution in [2.45, 2.75) is 0 Å². The van der Waals surface area contributed by atoms with Crippen LogP contribution >= 0.6 is 0 Å². The van der Waals surface area contributed by atoms with Gasteiger partial charge in [-0.1, -0.05) is 60.7 Å². The predicted octanol–water partition coefficient (Wildman–Crippen LogP) is 5.25. The number of nitrogens with two attached hydrogens (primary N) is 1. The number of para-hydroxylation sites is 1. The Balaban J connectivity index is 1.58. The van der Waals surface area contributed by atoms with Crippen LogP contribution < -0.4 is 5.73 Å². The van der Waals surface area contributed by atoms with E-state index in [1.807, 2.05) is 48.6 Å². The first-order valence-corrected chi connectivity index (χ1v) is 7.78. The third kappa shape index (κ3) is 2.79. The maximum atomic E-state index is 5.90. The number of rotatable bonds is 3. The van der Waals surface area contributed by atoms with Crippen molar-refractivity contribution in [3.8, 4) is 11.1 Å². The smallest absolute Gasteiger partial charge is 0.220 e. The minimum absolute atomic E-state index is 0.551. The lowest BCUT2D eigenvalue weighted by Crippen LogP contribution is -1.84. The SMILES string of the molecule is Nc1cccc2oc(/C=C\c3ccc(-c4ccccc4)cc3)nc12. The van der Waals surface area contributed by atoms with Gasteiger partial charge < -0.3 is 10.2 Å². The summed E-state index contributed by atoms with van der Waals surface area (Å²) < 4.78 is 5.69. The summed E-state index contributed by atoms with van der Waals surface area (Å²) in [6.07, 6.45) is 3.84. The van der Waals surface area contributed by atoms with E-state index in [4.69, 9.17) is 10.2 Å². The molecule has 0 fully saturated rings. The molecule has 4 rings (SSSR count). The predicted molar refractivity (Wildman–Crippen MR) is 99.2 cm³/mol. The monoisotopic (exact) mass is 312 g/mol. The minimum atomic E-state index is 0.551. The summed E-state index contributed by atoms with van der Waals surface area (Å²) in [7, 11) is 0. The molecule has 116 valence electrons. The molecule has 0 aliphatic carbocycles. The molecule has 0 amide bonds. The van der Waals surface area contributed by atoms with Gasteiger partial charge in [0.25, 0.3) is 0 Å². The van der Waals surface area contributed by atoms with Crippen molar-refractivity contribution in [2.24, 2.45) is 0 Å². The van der Waals surface area contributed by atoms with Gasteiger partial charge >= 0.3 is 0 Å². The molecular formula is C21H16N2O. The van der Waals surface area contributed by atoms with E-state index in [1.165, 1.54) is 11.1 Å². The molecule has 0 aliphatic heterocycles. The molecule has 4 aromatic rings. The lowest BCUT2D eigenvalue weighted by atomic mass is 10.0. The maximum Gasteiger partial charge on any atom is 0.220 e. The van der Waals surface area contributed by atoms with Crippen LogP contribution in [0.5, 0.6) is 0 Å². The summed E-state index contributed by atoms with van der Waals surface area (Å²) in [6, 6.07) is 24.2. The highest BCUT2D eigenvalue weighted by Gasteiger charge is 2.05. The molecule has 3 heteroatoms. The molecule has 0 spiro atoms. The second kappa shape index (κ2) is 6.05. The van der Waals surface area contributed by atoms with Crippen LogP contribution in [0.25, 0.3) is 34.4 Å². The first kappa shape index (κ1) is 14.3. The van der Waals surface area contributed by atoms with Gasteiger partial charge in [0.1, 0.15) is 5.52 Å². The van der Waals surface area contributed by atoms with Crippen LogP contribution in [-0.4, -0.2) is 4.98 Å². The summed E-state index contributed by atoms with van der Waals surface area (Å²) in [5, 5.41) is 0. The second-order valence-corrected chi connectivity index (χ2v) is 5.57. The van der Waals surface area contributed by atoms with Crippen LogP contribution in [0, 0.1) is 0 Å². The van der Waals surface area contributed by atoms with Gasteiger partial charge in [0.2, 0.25) is 5.89 Å². The Morgan fingerprint density at radius 3 is 2.25 bits per heavy atom. The van der Waals surface area contributed by atoms with Crippen molar-refractivity contribution in [2.75, 3.05) is 5.73 Å².